The van der Waals surface area contributed by atoms with Crippen molar-refractivity contribution in [3.63, 3.8) is 0 Å². The molecule has 1 atom stereocenters. The molecule has 1 saturated heterocycles. The molecule has 0 spiro atoms. The molecule has 0 aliphatic carbocycles. The molecule has 6 heteroatoms. The number of anilines is 1. The third-order valence-corrected chi connectivity index (χ3v) is 1.78. The summed E-state index contributed by atoms with van der Waals surface area (Å²) >= 11 is 0. The predicted molar refractivity (Wildman–Crippen MR) is 39.1 cm³/mol. The highest BCUT2D eigenvalue weighted by molar-refractivity contribution is 5.79. The third-order valence-electron chi connectivity index (χ3n) is 1.78. The quantitative estimate of drug-likeness (QED) is 0.575. The molecule has 1 aliphatic rings. The fraction of sp³-hybridized carbons (Fsp3) is 0.500. The lowest BCUT2D eigenvalue weighted by molar-refractivity contribution is -0.119. The van der Waals surface area contributed by atoms with Crippen molar-refractivity contribution in [2.24, 2.45) is 0 Å². The molecule has 0 bridgehead atoms. The van der Waals surface area contributed by atoms with Crippen molar-refractivity contribution in [3.8, 4) is 0 Å². The molecule has 3 N–H and O–H groups in total. The lowest BCUT2D eigenvalue weighted by Crippen LogP contribution is -2.13. The Labute approximate surface area is 68.1 Å². The number of nitrogens with one attached hydrogen (secondary N) is 1. The van der Waals surface area contributed by atoms with E-state index >= 15 is 0 Å². The first kappa shape index (κ1) is 7.08. The molecule has 1 aromatic heterocycles. The minimum atomic E-state index is -0.0118. The van der Waals surface area contributed by atoms with Gasteiger partial charge in [0.15, 0.2) is 0 Å². The molecule has 1 aromatic rings. The van der Waals surface area contributed by atoms with Crippen LogP contribution in [0.5, 0.6) is 0 Å². The number of hydrogen-bond donors (Lipinski definition) is 2. The number of nitrogen functional groups attached to an aromatic ring is 1. The zero-order chi connectivity index (χ0) is 8.55. The number of hydrogen-bond acceptors (Lipinski definition) is 5. The Morgan fingerprint density at radius 1 is 1.58 bits per heavy atom. The van der Waals surface area contributed by atoms with Crippen molar-refractivity contribution in [3.05, 3.63) is 5.89 Å². The summed E-state index contributed by atoms with van der Waals surface area (Å²) in [5.41, 5.74) is 5.24. The molecule has 1 fully saturated rings. The number of amides is 1. The van der Waals surface area contributed by atoms with Crippen LogP contribution in [0.25, 0.3) is 0 Å². The summed E-state index contributed by atoms with van der Waals surface area (Å²) in [4.78, 5) is 10.8. The van der Waals surface area contributed by atoms with E-state index in [-0.39, 0.29) is 17.8 Å². The van der Waals surface area contributed by atoms with Crippen LogP contribution < -0.4 is 11.1 Å². The molecule has 0 saturated carbocycles. The molecule has 2 heterocycles. The monoisotopic (exact) mass is 168 g/mol. The Bertz CT molecular complexity index is 308. The Kier molecular flexibility index (Phi) is 1.46. The van der Waals surface area contributed by atoms with E-state index in [4.69, 9.17) is 10.2 Å². The van der Waals surface area contributed by atoms with Gasteiger partial charge in [-0.15, -0.1) is 5.10 Å². The van der Waals surface area contributed by atoms with Gasteiger partial charge < -0.3 is 15.5 Å². The summed E-state index contributed by atoms with van der Waals surface area (Å²) in [5, 5.41) is 9.88. The number of nitrogens with two attached hydrogens (primary N) is 1. The van der Waals surface area contributed by atoms with Crippen LogP contribution in [0.1, 0.15) is 18.2 Å². The van der Waals surface area contributed by atoms with Crippen LogP contribution in [-0.4, -0.2) is 22.6 Å². The molecule has 64 valence electrons. The fourth-order valence-corrected chi connectivity index (χ4v) is 1.19. The van der Waals surface area contributed by atoms with Gasteiger partial charge in [0.25, 0.3) is 0 Å². The molecule has 1 amide bonds. The zero-order valence-electron chi connectivity index (χ0n) is 6.28. The summed E-state index contributed by atoms with van der Waals surface area (Å²) in [5.74, 6) is 0.435. The van der Waals surface area contributed by atoms with Gasteiger partial charge in [-0.25, -0.2) is 0 Å². The number of nitrogens with zero attached hydrogens (tertiary/aromatic N) is 2. The maximum Gasteiger partial charge on any atom is 0.312 e. The minimum absolute atomic E-state index is 0.0109. The zero-order valence-corrected chi connectivity index (χ0v) is 6.28. The Morgan fingerprint density at radius 3 is 2.92 bits per heavy atom. The first-order valence-corrected chi connectivity index (χ1v) is 3.61. The van der Waals surface area contributed by atoms with Crippen molar-refractivity contribution in [1.82, 2.24) is 15.5 Å². The topological polar surface area (TPSA) is 94.0 Å². The van der Waals surface area contributed by atoms with Gasteiger partial charge in [0.2, 0.25) is 11.8 Å². The second-order valence-electron chi connectivity index (χ2n) is 2.68. The lowest BCUT2D eigenvalue weighted by Gasteiger charge is -1.97. The van der Waals surface area contributed by atoms with Crippen LogP contribution in [0, 0.1) is 0 Å². The van der Waals surface area contributed by atoms with Crippen molar-refractivity contribution in [2.75, 3.05) is 12.3 Å². The van der Waals surface area contributed by atoms with Crippen molar-refractivity contribution < 1.29 is 9.21 Å². The molecule has 2 rings (SSSR count). The summed E-state index contributed by atoms with van der Waals surface area (Å²) in [7, 11) is 0. The number of aromatic nitrogens is 2. The van der Waals surface area contributed by atoms with Gasteiger partial charge in [0.05, 0.1) is 5.92 Å². The third kappa shape index (κ3) is 1.11. The fourth-order valence-electron chi connectivity index (χ4n) is 1.19. The molecular formula is C6H8N4O2. The van der Waals surface area contributed by atoms with Crippen LogP contribution >= 0.6 is 0 Å². The van der Waals surface area contributed by atoms with E-state index < -0.39 is 0 Å². The van der Waals surface area contributed by atoms with Crippen LogP contribution in [0.4, 0.5) is 6.01 Å². The van der Waals surface area contributed by atoms with Crippen molar-refractivity contribution in [1.29, 1.82) is 0 Å². The van der Waals surface area contributed by atoms with Gasteiger partial charge in [-0.1, -0.05) is 5.10 Å². The largest absolute Gasteiger partial charge is 0.408 e. The van der Waals surface area contributed by atoms with E-state index in [9.17, 15) is 4.79 Å². The molecule has 12 heavy (non-hydrogen) atoms. The van der Waals surface area contributed by atoms with E-state index in [0.29, 0.717) is 18.9 Å². The summed E-state index contributed by atoms with van der Waals surface area (Å²) in [6.07, 6.45) is 0.404. The summed E-state index contributed by atoms with van der Waals surface area (Å²) in [6.45, 7) is 0.556. The van der Waals surface area contributed by atoms with Crippen molar-refractivity contribution >= 4 is 11.9 Å². The standard InChI is InChI=1S/C6H8N4O2/c7-6-10-9-5(12-6)3-1-4(11)8-2-3/h3H,1-2H2,(H2,7,10)(H,8,11). The molecule has 0 radical (unpaired) electrons. The van der Waals surface area contributed by atoms with Gasteiger partial charge in [-0.05, 0) is 0 Å². The Morgan fingerprint density at radius 2 is 2.42 bits per heavy atom. The highest BCUT2D eigenvalue weighted by atomic mass is 16.4. The van der Waals surface area contributed by atoms with E-state index in [1.807, 2.05) is 0 Å². The number of carbonyl (C=O) groups excluding carboxylic acids is 1. The first-order valence-electron chi connectivity index (χ1n) is 3.61. The van der Waals surface area contributed by atoms with Crippen LogP contribution in [0.2, 0.25) is 0 Å². The second kappa shape index (κ2) is 2.47. The highest BCUT2D eigenvalue weighted by Crippen LogP contribution is 2.21. The lowest BCUT2D eigenvalue weighted by atomic mass is 10.1. The van der Waals surface area contributed by atoms with Crippen LogP contribution in [0.15, 0.2) is 4.42 Å². The molecule has 1 unspecified atom stereocenters. The highest BCUT2D eigenvalue weighted by Gasteiger charge is 2.27. The van der Waals surface area contributed by atoms with Gasteiger partial charge in [-0.2, -0.15) is 0 Å². The predicted octanol–water partition coefficient (Wildman–Crippen LogP) is -0.745. The average molecular weight is 168 g/mol. The number of rotatable bonds is 1. The maximum absolute atomic E-state index is 10.8. The molecule has 6 nitrogen and oxygen atoms in total. The van der Waals surface area contributed by atoms with E-state index in [1.165, 1.54) is 0 Å². The van der Waals surface area contributed by atoms with E-state index in [2.05, 4.69) is 15.5 Å². The van der Waals surface area contributed by atoms with E-state index in [0.717, 1.165) is 0 Å². The molecule has 0 aromatic carbocycles. The van der Waals surface area contributed by atoms with Gasteiger partial charge in [0.1, 0.15) is 0 Å². The maximum atomic E-state index is 10.8. The smallest absolute Gasteiger partial charge is 0.312 e. The summed E-state index contributed by atoms with van der Waals surface area (Å²) < 4.78 is 4.98. The van der Waals surface area contributed by atoms with Gasteiger partial charge >= 0.3 is 6.01 Å². The molecular weight excluding hydrogens is 160 g/mol. The SMILES string of the molecule is Nc1nnc(C2CNC(=O)C2)o1. The second-order valence-corrected chi connectivity index (χ2v) is 2.68. The first-order chi connectivity index (χ1) is 5.75. The van der Waals surface area contributed by atoms with Crippen molar-refractivity contribution in [2.45, 2.75) is 12.3 Å². The normalized spacial score (nSPS) is 22.7. The summed E-state index contributed by atoms with van der Waals surface area (Å²) in [6, 6.07) is 0.0457. The molecule has 1 aliphatic heterocycles. The van der Waals surface area contributed by atoms with Gasteiger partial charge in [0, 0.05) is 13.0 Å². The average Bonchev–Trinajstić information content (AvgIpc) is 2.58. The van der Waals surface area contributed by atoms with Crippen LogP contribution in [0.3, 0.4) is 0 Å². The minimum Gasteiger partial charge on any atom is -0.408 e. The van der Waals surface area contributed by atoms with Gasteiger partial charge in [-0.3, -0.25) is 4.79 Å². The Hall–Kier alpha value is -1.59. The van der Waals surface area contributed by atoms with Crippen LogP contribution in [-0.2, 0) is 4.79 Å². The number of carbonyl (C=O) groups is 1. The Balaban J connectivity index is 2.15. The van der Waals surface area contributed by atoms with E-state index in [1.54, 1.807) is 0 Å².